The molecule has 0 saturated carbocycles. The van der Waals surface area contributed by atoms with Gasteiger partial charge in [0.1, 0.15) is 11.3 Å². The maximum Gasteiger partial charge on any atom is 0.178 e. The second-order valence-electron chi connectivity index (χ2n) is 4.14. The lowest BCUT2D eigenvalue weighted by atomic mass is 10.0. The van der Waals surface area contributed by atoms with Crippen LogP contribution in [0.3, 0.4) is 0 Å². The Morgan fingerprint density at radius 1 is 1.16 bits per heavy atom. The first-order valence-electron chi connectivity index (χ1n) is 5.53. The molecule has 0 aliphatic heterocycles. The van der Waals surface area contributed by atoms with Crippen LogP contribution in [0.4, 0.5) is 14.6 Å². The number of hydrogen-bond acceptors (Lipinski definition) is 4. The third-order valence-corrected chi connectivity index (χ3v) is 2.78. The minimum atomic E-state index is -0.879. The highest BCUT2D eigenvalue weighted by Gasteiger charge is 2.10. The molecule has 0 aliphatic rings. The molecule has 7 heteroatoms. The molecular weight excluding hydrogens is 252 g/mol. The monoisotopic (exact) mass is 261 g/mol. The highest BCUT2D eigenvalue weighted by atomic mass is 19.2. The van der Waals surface area contributed by atoms with E-state index in [2.05, 4.69) is 20.4 Å². The summed E-state index contributed by atoms with van der Waals surface area (Å²) in [6, 6.07) is 5.40. The fraction of sp³-hybridized carbons (Fsp3) is 0.0833. The standard InChI is InChI=1S/C12H9F2N5/c13-8-2-1-6(4-9(8)14)3-7-5-10(15)16-12-11(7)17-19-18-12/h1-2,4-5H,3H2,(H3,15,16,17,18,19). The Morgan fingerprint density at radius 2 is 2.00 bits per heavy atom. The molecule has 96 valence electrons. The van der Waals surface area contributed by atoms with Crippen molar-refractivity contribution in [3.05, 3.63) is 47.0 Å². The topological polar surface area (TPSA) is 80.5 Å². The number of H-pyrrole nitrogens is 1. The summed E-state index contributed by atoms with van der Waals surface area (Å²) in [5.41, 5.74) is 8.08. The van der Waals surface area contributed by atoms with Gasteiger partial charge in [-0.2, -0.15) is 0 Å². The Kier molecular flexibility index (Phi) is 2.59. The largest absolute Gasteiger partial charge is 0.384 e. The van der Waals surface area contributed by atoms with Crippen molar-refractivity contribution in [3.8, 4) is 0 Å². The number of hydrogen-bond donors (Lipinski definition) is 2. The van der Waals surface area contributed by atoms with Crippen molar-refractivity contribution in [2.24, 2.45) is 0 Å². The Balaban J connectivity index is 2.04. The molecule has 1 aromatic carbocycles. The van der Waals surface area contributed by atoms with E-state index in [1.807, 2.05) is 0 Å². The third kappa shape index (κ3) is 2.10. The number of benzene rings is 1. The van der Waals surface area contributed by atoms with E-state index in [-0.39, 0.29) is 0 Å². The van der Waals surface area contributed by atoms with Gasteiger partial charge in [-0.1, -0.05) is 11.3 Å². The van der Waals surface area contributed by atoms with Crippen molar-refractivity contribution in [3.63, 3.8) is 0 Å². The second kappa shape index (κ2) is 4.27. The highest BCUT2D eigenvalue weighted by Crippen LogP contribution is 2.20. The maximum atomic E-state index is 13.2. The van der Waals surface area contributed by atoms with Gasteiger partial charge < -0.3 is 5.73 Å². The van der Waals surface area contributed by atoms with Gasteiger partial charge in [0.05, 0.1) is 0 Å². The van der Waals surface area contributed by atoms with Crippen LogP contribution in [-0.4, -0.2) is 20.4 Å². The zero-order chi connectivity index (χ0) is 13.4. The van der Waals surface area contributed by atoms with Crippen molar-refractivity contribution in [1.29, 1.82) is 0 Å². The fourth-order valence-corrected chi connectivity index (χ4v) is 1.93. The van der Waals surface area contributed by atoms with Gasteiger partial charge in [0, 0.05) is 6.42 Å². The molecule has 3 rings (SSSR count). The first-order chi connectivity index (χ1) is 9.13. The molecule has 3 N–H and O–H groups in total. The number of fused-ring (bicyclic) bond motifs is 1. The van der Waals surface area contributed by atoms with E-state index in [0.717, 1.165) is 17.7 Å². The summed E-state index contributed by atoms with van der Waals surface area (Å²) in [5.74, 6) is -1.43. The Hall–Kier alpha value is -2.57. The van der Waals surface area contributed by atoms with Crippen LogP contribution in [0.5, 0.6) is 0 Å². The second-order valence-corrected chi connectivity index (χ2v) is 4.14. The van der Waals surface area contributed by atoms with Crippen molar-refractivity contribution in [2.75, 3.05) is 5.73 Å². The maximum absolute atomic E-state index is 13.2. The predicted octanol–water partition coefficient (Wildman–Crippen LogP) is 1.80. The van der Waals surface area contributed by atoms with E-state index in [0.29, 0.717) is 29.0 Å². The van der Waals surface area contributed by atoms with Crippen molar-refractivity contribution in [1.82, 2.24) is 20.4 Å². The van der Waals surface area contributed by atoms with Crippen LogP contribution >= 0.6 is 0 Å². The van der Waals surface area contributed by atoms with Gasteiger partial charge in [0.2, 0.25) is 0 Å². The van der Waals surface area contributed by atoms with Gasteiger partial charge >= 0.3 is 0 Å². The highest BCUT2D eigenvalue weighted by molar-refractivity contribution is 5.76. The average Bonchev–Trinajstić information content (AvgIpc) is 2.82. The van der Waals surface area contributed by atoms with Crippen LogP contribution in [0.2, 0.25) is 0 Å². The van der Waals surface area contributed by atoms with Crippen LogP contribution in [-0.2, 0) is 6.42 Å². The zero-order valence-electron chi connectivity index (χ0n) is 9.69. The number of nitrogens with one attached hydrogen (secondary N) is 1. The van der Waals surface area contributed by atoms with Crippen molar-refractivity contribution < 1.29 is 8.78 Å². The van der Waals surface area contributed by atoms with E-state index >= 15 is 0 Å². The Bertz CT molecular complexity index is 753. The minimum Gasteiger partial charge on any atom is -0.384 e. The zero-order valence-corrected chi connectivity index (χ0v) is 9.69. The smallest absolute Gasteiger partial charge is 0.178 e. The first-order valence-corrected chi connectivity index (χ1v) is 5.53. The predicted molar refractivity (Wildman–Crippen MR) is 65.3 cm³/mol. The molecule has 0 bridgehead atoms. The summed E-state index contributed by atoms with van der Waals surface area (Å²) in [4.78, 5) is 4.03. The van der Waals surface area contributed by atoms with Crippen LogP contribution in [0.1, 0.15) is 11.1 Å². The number of anilines is 1. The molecule has 2 aromatic heterocycles. The SMILES string of the molecule is Nc1cc(Cc2ccc(F)c(F)c2)c2nn[nH]c2n1. The molecule has 0 fully saturated rings. The van der Waals surface area contributed by atoms with E-state index in [1.165, 1.54) is 6.07 Å². The molecule has 0 spiro atoms. The Morgan fingerprint density at radius 3 is 2.79 bits per heavy atom. The molecule has 0 amide bonds. The average molecular weight is 261 g/mol. The molecule has 0 radical (unpaired) electrons. The van der Waals surface area contributed by atoms with Crippen molar-refractivity contribution >= 4 is 17.0 Å². The van der Waals surface area contributed by atoms with Crippen LogP contribution in [0, 0.1) is 11.6 Å². The molecule has 2 heterocycles. The van der Waals surface area contributed by atoms with E-state index in [9.17, 15) is 8.78 Å². The molecule has 3 aromatic rings. The molecule has 0 unspecified atom stereocenters. The number of aromatic amines is 1. The molecule has 0 aliphatic carbocycles. The summed E-state index contributed by atoms with van der Waals surface area (Å²) in [6.45, 7) is 0. The van der Waals surface area contributed by atoms with E-state index in [4.69, 9.17) is 5.73 Å². The summed E-state index contributed by atoms with van der Waals surface area (Å²) < 4.78 is 26.0. The Labute approximate surface area is 106 Å². The lowest BCUT2D eigenvalue weighted by Crippen LogP contribution is -1.97. The van der Waals surface area contributed by atoms with Gasteiger partial charge in [-0.15, -0.1) is 5.10 Å². The lowest BCUT2D eigenvalue weighted by molar-refractivity contribution is 0.507. The summed E-state index contributed by atoms with van der Waals surface area (Å²) in [6.07, 6.45) is 0.368. The first kappa shape index (κ1) is 11.5. The molecular formula is C12H9F2N5. The van der Waals surface area contributed by atoms with Gasteiger partial charge in [-0.25, -0.2) is 18.9 Å². The van der Waals surface area contributed by atoms with Crippen LogP contribution < -0.4 is 5.73 Å². The quantitative estimate of drug-likeness (QED) is 0.737. The van der Waals surface area contributed by atoms with E-state index in [1.54, 1.807) is 6.07 Å². The summed E-state index contributed by atoms with van der Waals surface area (Å²) in [5, 5.41) is 10.2. The lowest BCUT2D eigenvalue weighted by Gasteiger charge is -2.04. The number of nitrogens with two attached hydrogens (primary N) is 1. The summed E-state index contributed by atoms with van der Waals surface area (Å²) in [7, 11) is 0. The normalized spacial score (nSPS) is 11.1. The number of nitrogens with zero attached hydrogens (tertiary/aromatic N) is 3. The van der Waals surface area contributed by atoms with E-state index < -0.39 is 11.6 Å². The number of halogens is 2. The number of pyridine rings is 1. The fourth-order valence-electron chi connectivity index (χ4n) is 1.93. The van der Waals surface area contributed by atoms with Gasteiger partial charge in [-0.05, 0) is 29.3 Å². The van der Waals surface area contributed by atoms with Crippen LogP contribution in [0.25, 0.3) is 11.2 Å². The molecule has 5 nitrogen and oxygen atoms in total. The van der Waals surface area contributed by atoms with Gasteiger partial charge in [0.15, 0.2) is 17.3 Å². The number of rotatable bonds is 2. The number of aromatic nitrogens is 4. The molecule has 0 saturated heterocycles. The summed E-state index contributed by atoms with van der Waals surface area (Å²) >= 11 is 0. The van der Waals surface area contributed by atoms with Crippen molar-refractivity contribution in [2.45, 2.75) is 6.42 Å². The molecule has 19 heavy (non-hydrogen) atoms. The molecule has 0 atom stereocenters. The van der Waals surface area contributed by atoms with Gasteiger partial charge in [0.25, 0.3) is 0 Å². The third-order valence-electron chi connectivity index (χ3n) is 2.78. The minimum absolute atomic E-state index is 0.316. The number of nitrogen functional groups attached to an aromatic ring is 1. The van der Waals surface area contributed by atoms with Gasteiger partial charge in [-0.3, -0.25) is 0 Å². The van der Waals surface area contributed by atoms with Crippen LogP contribution in [0.15, 0.2) is 24.3 Å².